The highest BCUT2D eigenvalue weighted by atomic mass is 32.1. The molecule has 0 radical (unpaired) electrons. The maximum absolute atomic E-state index is 14.9. The normalized spacial score (nSPS) is 15.8. The van der Waals surface area contributed by atoms with Crippen molar-refractivity contribution < 1.29 is 40.7 Å². The van der Waals surface area contributed by atoms with E-state index >= 15 is 0 Å². The van der Waals surface area contributed by atoms with Gasteiger partial charge in [0.05, 0.1) is 23.8 Å². The molecule has 5 rings (SSSR count). The lowest BCUT2D eigenvalue weighted by Crippen LogP contribution is -2.56. The molecule has 2 amide bonds. The number of likely N-dealkylation sites (N-methyl/N-ethyl adjacent to an activating group) is 1. The number of hydrogen-bond acceptors (Lipinski definition) is 9. The lowest BCUT2D eigenvalue weighted by molar-refractivity contribution is -0.173. The lowest BCUT2D eigenvalue weighted by Gasteiger charge is -2.42. The van der Waals surface area contributed by atoms with Gasteiger partial charge in [-0.2, -0.15) is 36.5 Å². The number of hydrogen-bond donors (Lipinski definition) is 2. The van der Waals surface area contributed by atoms with Crippen molar-refractivity contribution in [3.63, 3.8) is 0 Å². The van der Waals surface area contributed by atoms with E-state index in [1.54, 1.807) is 41.5 Å². The summed E-state index contributed by atoms with van der Waals surface area (Å²) in [5.41, 5.74) is -1.34. The Hall–Kier alpha value is -4.77. The first-order valence-electron chi connectivity index (χ1n) is 13.6. The molecule has 1 atom stereocenters. The number of halogens is 6. The Morgan fingerprint density at radius 3 is 2.46 bits per heavy atom. The topological polar surface area (TPSA) is 113 Å². The molecule has 2 aromatic heterocycles. The third-order valence-electron chi connectivity index (χ3n) is 7.06. The summed E-state index contributed by atoms with van der Waals surface area (Å²) >= 11 is 1.12. The first kappa shape index (κ1) is 32.6. The highest BCUT2D eigenvalue weighted by Gasteiger charge is 2.43. The van der Waals surface area contributed by atoms with E-state index in [-0.39, 0.29) is 36.8 Å². The summed E-state index contributed by atoms with van der Waals surface area (Å²) in [7, 11) is 1.59. The minimum Gasteiger partial charge on any atom is -0.457 e. The fourth-order valence-electron chi connectivity index (χ4n) is 4.77. The van der Waals surface area contributed by atoms with Gasteiger partial charge in [-0.25, -0.2) is 4.98 Å². The van der Waals surface area contributed by atoms with Crippen molar-refractivity contribution in [2.24, 2.45) is 0 Å². The number of ether oxygens (including phenoxy) is 1. The Labute approximate surface area is 262 Å². The van der Waals surface area contributed by atoms with E-state index in [1.807, 2.05) is 0 Å². The first-order chi connectivity index (χ1) is 21.8. The monoisotopic (exact) mass is 665 g/mol. The van der Waals surface area contributed by atoms with Crippen LogP contribution >= 0.6 is 11.3 Å². The maximum Gasteiger partial charge on any atom is 0.471 e. The van der Waals surface area contributed by atoms with Crippen molar-refractivity contribution in [3.8, 4) is 22.1 Å². The largest absolute Gasteiger partial charge is 0.471 e. The van der Waals surface area contributed by atoms with Gasteiger partial charge in [0.15, 0.2) is 0 Å². The molecule has 1 aliphatic rings. The Morgan fingerprint density at radius 1 is 1.02 bits per heavy atom. The third-order valence-corrected chi connectivity index (χ3v) is 7.95. The Kier molecular flexibility index (Phi) is 9.43. The molecule has 1 fully saturated rings. The second-order valence-electron chi connectivity index (χ2n) is 10.2. The Balaban J connectivity index is 1.52. The molecule has 10 nitrogen and oxygen atoms in total. The van der Waals surface area contributed by atoms with Gasteiger partial charge >= 0.3 is 18.3 Å². The van der Waals surface area contributed by atoms with Crippen LogP contribution in [-0.4, -0.2) is 77.3 Å². The number of alkyl halides is 6. The molecule has 0 spiro atoms. The summed E-state index contributed by atoms with van der Waals surface area (Å²) in [6.45, 7) is -0.557. The number of amides is 2. The van der Waals surface area contributed by atoms with Crippen LogP contribution in [0.4, 0.5) is 37.7 Å². The van der Waals surface area contributed by atoms with Gasteiger partial charge < -0.3 is 20.3 Å². The molecule has 4 aromatic rings. The zero-order chi connectivity index (χ0) is 33.1. The van der Waals surface area contributed by atoms with Crippen LogP contribution in [0, 0.1) is 0 Å². The van der Waals surface area contributed by atoms with Gasteiger partial charge in [0.2, 0.25) is 0 Å². The standard InChI is InChI=1S/C29H25F6N7O3S/c1-41-11-12-42(15-18(41)14-36-27(44)29(33,34)35)24-20(39-25(43)21-16-46-26(40-21)17-9-10-37-38-13-17)7-8-22(23(24)28(30,31)32)45-19-5-3-2-4-6-19/h2-10,13,16,18H,11-12,14-15H2,1H3,(H,36,44)(H,39,43)/t18-/m0/s1. The molecule has 0 saturated carbocycles. The number of thiazole rings is 1. The molecule has 3 heterocycles. The van der Waals surface area contributed by atoms with Crippen LogP contribution in [0.1, 0.15) is 16.1 Å². The second-order valence-corrected chi connectivity index (χ2v) is 11.0. The minimum atomic E-state index is -5.12. The minimum absolute atomic E-state index is 0.0108. The molecule has 0 bridgehead atoms. The summed E-state index contributed by atoms with van der Waals surface area (Å²) in [4.78, 5) is 32.0. The number of carbonyl (C=O) groups is 2. The fraction of sp³-hybridized carbons (Fsp3) is 0.276. The van der Waals surface area contributed by atoms with Crippen LogP contribution in [0.25, 0.3) is 10.6 Å². The summed E-state index contributed by atoms with van der Waals surface area (Å²) in [6.07, 6.45) is -7.23. The molecule has 0 aliphatic carbocycles. The molecule has 1 aliphatic heterocycles. The van der Waals surface area contributed by atoms with Crippen molar-refractivity contribution >= 4 is 34.5 Å². The van der Waals surface area contributed by atoms with Crippen molar-refractivity contribution in [2.75, 3.05) is 43.4 Å². The number of nitrogens with zero attached hydrogens (tertiary/aromatic N) is 5. The van der Waals surface area contributed by atoms with Crippen molar-refractivity contribution in [1.82, 2.24) is 25.4 Å². The van der Waals surface area contributed by atoms with Crippen LogP contribution in [0.2, 0.25) is 0 Å². The van der Waals surface area contributed by atoms with Crippen LogP contribution in [0.15, 0.2) is 66.3 Å². The van der Waals surface area contributed by atoms with Crippen LogP contribution in [0.3, 0.4) is 0 Å². The number of nitrogens with one attached hydrogen (secondary N) is 2. The fourth-order valence-corrected chi connectivity index (χ4v) is 5.56. The molecule has 17 heteroatoms. The summed E-state index contributed by atoms with van der Waals surface area (Å²) in [5.74, 6) is -3.37. The van der Waals surface area contributed by atoms with Gasteiger partial charge in [-0.1, -0.05) is 18.2 Å². The van der Waals surface area contributed by atoms with E-state index in [2.05, 4.69) is 20.5 Å². The molecule has 0 unspecified atom stereocenters. The quantitative estimate of drug-likeness (QED) is 0.239. The van der Waals surface area contributed by atoms with Crippen LogP contribution in [-0.2, 0) is 11.0 Å². The van der Waals surface area contributed by atoms with Crippen LogP contribution < -0.4 is 20.3 Å². The zero-order valence-corrected chi connectivity index (χ0v) is 24.7. The van der Waals surface area contributed by atoms with E-state index in [0.717, 1.165) is 17.4 Å². The number of para-hydroxylation sites is 1. The predicted octanol–water partition coefficient (Wildman–Crippen LogP) is 5.46. The Morgan fingerprint density at radius 2 is 1.78 bits per heavy atom. The van der Waals surface area contributed by atoms with E-state index in [1.165, 1.54) is 40.9 Å². The number of benzene rings is 2. The molecule has 242 valence electrons. The lowest BCUT2D eigenvalue weighted by atomic mass is 10.0. The molecular formula is C29H25F6N7O3S. The number of aromatic nitrogens is 3. The molecule has 2 N–H and O–H groups in total. The van der Waals surface area contributed by atoms with Crippen LogP contribution in [0.5, 0.6) is 11.5 Å². The molecule has 1 saturated heterocycles. The van der Waals surface area contributed by atoms with Crippen molar-refractivity contribution in [3.05, 3.63) is 77.6 Å². The predicted molar refractivity (Wildman–Crippen MR) is 157 cm³/mol. The number of piperazine rings is 1. The zero-order valence-electron chi connectivity index (χ0n) is 23.9. The SMILES string of the molecule is CN1CCN(c2c(NC(=O)c3csc(-c4ccnnc4)n3)ccc(Oc3ccccc3)c2C(F)(F)F)C[C@@H]1CNC(=O)C(F)(F)F. The summed E-state index contributed by atoms with van der Waals surface area (Å²) in [6, 6.07) is 11.0. The first-order valence-corrected chi connectivity index (χ1v) is 14.5. The smallest absolute Gasteiger partial charge is 0.457 e. The van der Waals surface area contributed by atoms with Gasteiger partial charge in [0, 0.05) is 43.2 Å². The number of carbonyl (C=O) groups excluding carboxylic acids is 2. The average Bonchev–Trinajstić information content (AvgIpc) is 3.52. The number of anilines is 2. The van der Waals surface area contributed by atoms with E-state index in [9.17, 15) is 35.9 Å². The molecule has 46 heavy (non-hydrogen) atoms. The van der Waals surface area contributed by atoms with Gasteiger partial charge in [-0.05, 0) is 37.4 Å². The van der Waals surface area contributed by atoms with Crippen molar-refractivity contribution in [2.45, 2.75) is 18.4 Å². The van der Waals surface area contributed by atoms with E-state index in [4.69, 9.17) is 4.74 Å². The molecule has 2 aromatic carbocycles. The van der Waals surface area contributed by atoms with E-state index in [0.29, 0.717) is 10.6 Å². The van der Waals surface area contributed by atoms with E-state index < -0.39 is 53.8 Å². The highest BCUT2D eigenvalue weighted by molar-refractivity contribution is 7.13. The second kappa shape index (κ2) is 13.3. The maximum atomic E-state index is 14.9. The molecular weight excluding hydrogens is 640 g/mol. The van der Waals surface area contributed by atoms with Gasteiger partial charge in [-0.3, -0.25) is 14.5 Å². The average molecular weight is 666 g/mol. The third kappa shape index (κ3) is 7.54. The van der Waals surface area contributed by atoms with Crippen molar-refractivity contribution in [1.29, 1.82) is 0 Å². The van der Waals surface area contributed by atoms with Gasteiger partial charge in [0.1, 0.15) is 27.8 Å². The van der Waals surface area contributed by atoms with Gasteiger partial charge in [-0.15, -0.1) is 11.3 Å². The van der Waals surface area contributed by atoms with Gasteiger partial charge in [0.25, 0.3) is 5.91 Å². The highest BCUT2D eigenvalue weighted by Crippen LogP contribution is 2.48. The Bertz CT molecular complexity index is 1690. The summed E-state index contributed by atoms with van der Waals surface area (Å²) in [5, 5.41) is 13.7. The number of rotatable bonds is 8. The summed E-state index contributed by atoms with van der Waals surface area (Å²) < 4.78 is 88.9.